The lowest BCUT2D eigenvalue weighted by Gasteiger charge is -2.30. The van der Waals surface area contributed by atoms with Crippen molar-refractivity contribution in [1.29, 1.82) is 0 Å². The summed E-state index contributed by atoms with van der Waals surface area (Å²) in [7, 11) is 0. The Morgan fingerprint density at radius 2 is 1.82 bits per heavy atom. The van der Waals surface area contributed by atoms with Crippen molar-refractivity contribution in [2.45, 2.75) is 57.2 Å². The maximum atomic E-state index is 13.3. The zero-order valence-corrected chi connectivity index (χ0v) is 16.1. The van der Waals surface area contributed by atoms with Crippen LogP contribution in [0, 0.1) is 5.92 Å². The SMILES string of the molecule is CC(C1CC1)N(C(=O)c1ccc2c(c1)CC(c1ccccc1)OC2=O)C1CC1. The molecule has 4 nitrogen and oxygen atoms in total. The molecule has 2 atom stereocenters. The first-order chi connectivity index (χ1) is 13.6. The van der Waals surface area contributed by atoms with E-state index >= 15 is 0 Å². The summed E-state index contributed by atoms with van der Waals surface area (Å²) in [4.78, 5) is 27.9. The van der Waals surface area contributed by atoms with Gasteiger partial charge in [0.05, 0.1) is 5.56 Å². The number of esters is 1. The third-order valence-corrected chi connectivity index (χ3v) is 6.32. The van der Waals surface area contributed by atoms with Crippen LogP contribution < -0.4 is 0 Å². The van der Waals surface area contributed by atoms with E-state index in [9.17, 15) is 9.59 Å². The fourth-order valence-corrected chi connectivity index (χ4v) is 4.37. The van der Waals surface area contributed by atoms with Gasteiger partial charge in [-0.1, -0.05) is 30.3 Å². The van der Waals surface area contributed by atoms with E-state index in [0.717, 1.165) is 24.0 Å². The Hall–Kier alpha value is -2.62. The average molecular weight is 375 g/mol. The molecule has 0 spiro atoms. The van der Waals surface area contributed by atoms with E-state index in [-0.39, 0.29) is 18.0 Å². The van der Waals surface area contributed by atoms with Crippen LogP contribution in [0.2, 0.25) is 0 Å². The maximum Gasteiger partial charge on any atom is 0.339 e. The fourth-order valence-electron chi connectivity index (χ4n) is 4.37. The molecule has 0 saturated heterocycles. The van der Waals surface area contributed by atoms with Gasteiger partial charge in [0, 0.05) is 24.1 Å². The lowest BCUT2D eigenvalue weighted by molar-refractivity contribution is 0.0252. The van der Waals surface area contributed by atoms with E-state index in [1.54, 1.807) is 12.1 Å². The molecule has 2 aromatic rings. The van der Waals surface area contributed by atoms with Crippen LogP contribution in [-0.2, 0) is 11.2 Å². The van der Waals surface area contributed by atoms with Gasteiger partial charge in [-0.05, 0) is 67.9 Å². The van der Waals surface area contributed by atoms with Crippen molar-refractivity contribution >= 4 is 11.9 Å². The average Bonchev–Trinajstić information content (AvgIpc) is 3.61. The van der Waals surface area contributed by atoms with Crippen LogP contribution in [0.15, 0.2) is 48.5 Å². The summed E-state index contributed by atoms with van der Waals surface area (Å²) in [5.41, 5.74) is 3.17. The predicted octanol–water partition coefficient (Wildman–Crippen LogP) is 4.54. The molecule has 0 N–H and O–H groups in total. The molecule has 4 heteroatoms. The van der Waals surface area contributed by atoms with Gasteiger partial charge in [-0.25, -0.2) is 4.79 Å². The van der Waals surface area contributed by atoms with E-state index in [1.165, 1.54) is 12.8 Å². The van der Waals surface area contributed by atoms with Gasteiger partial charge < -0.3 is 9.64 Å². The van der Waals surface area contributed by atoms with Crippen molar-refractivity contribution in [3.63, 3.8) is 0 Å². The van der Waals surface area contributed by atoms with Crippen LogP contribution >= 0.6 is 0 Å². The molecule has 0 bridgehead atoms. The summed E-state index contributed by atoms with van der Waals surface area (Å²) in [5.74, 6) is 0.457. The summed E-state index contributed by atoms with van der Waals surface area (Å²) in [6, 6.07) is 16.0. The predicted molar refractivity (Wildman–Crippen MR) is 106 cm³/mol. The Balaban J connectivity index is 1.43. The third-order valence-electron chi connectivity index (χ3n) is 6.32. The number of carbonyl (C=O) groups excluding carboxylic acids is 2. The van der Waals surface area contributed by atoms with Crippen LogP contribution in [0.1, 0.15) is 70.6 Å². The molecule has 2 aliphatic carbocycles. The molecular weight excluding hydrogens is 350 g/mol. The van der Waals surface area contributed by atoms with E-state index in [0.29, 0.717) is 35.5 Å². The van der Waals surface area contributed by atoms with Gasteiger partial charge in [0.1, 0.15) is 6.10 Å². The second kappa shape index (κ2) is 6.77. The van der Waals surface area contributed by atoms with E-state index in [4.69, 9.17) is 4.74 Å². The molecule has 0 radical (unpaired) electrons. The monoisotopic (exact) mass is 375 g/mol. The van der Waals surface area contributed by atoms with Crippen LogP contribution in [0.3, 0.4) is 0 Å². The first-order valence-corrected chi connectivity index (χ1v) is 10.3. The van der Waals surface area contributed by atoms with E-state index in [1.807, 2.05) is 36.4 Å². The molecule has 1 aliphatic heterocycles. The Bertz CT molecular complexity index is 915. The quantitative estimate of drug-likeness (QED) is 0.721. The standard InChI is InChI=1S/C24H25NO3/c1-15(16-7-8-16)25(20-10-11-20)23(26)18-9-12-21-19(13-18)14-22(28-24(21)27)17-5-3-2-4-6-17/h2-6,9,12-13,15-16,20,22H,7-8,10-11,14H2,1H3. The molecule has 144 valence electrons. The van der Waals surface area contributed by atoms with E-state index < -0.39 is 0 Å². The molecule has 0 aromatic heterocycles. The zero-order chi connectivity index (χ0) is 19.3. The minimum Gasteiger partial charge on any atom is -0.454 e. The molecule has 2 saturated carbocycles. The molecule has 2 aromatic carbocycles. The summed E-state index contributed by atoms with van der Waals surface area (Å²) < 4.78 is 5.64. The number of hydrogen-bond acceptors (Lipinski definition) is 3. The highest BCUT2D eigenvalue weighted by Crippen LogP contribution is 2.40. The van der Waals surface area contributed by atoms with Crippen molar-refractivity contribution in [2.75, 3.05) is 0 Å². The minimum atomic E-state index is -0.306. The molecule has 2 fully saturated rings. The fraction of sp³-hybridized carbons (Fsp3) is 0.417. The molecule has 5 rings (SSSR count). The zero-order valence-electron chi connectivity index (χ0n) is 16.1. The second-order valence-electron chi connectivity index (χ2n) is 8.40. The highest BCUT2D eigenvalue weighted by Gasteiger charge is 2.42. The lowest BCUT2D eigenvalue weighted by Crippen LogP contribution is -2.41. The molecular formula is C24H25NO3. The largest absolute Gasteiger partial charge is 0.454 e. The summed E-state index contributed by atoms with van der Waals surface area (Å²) in [5, 5.41) is 0. The van der Waals surface area contributed by atoms with Crippen molar-refractivity contribution in [3.05, 3.63) is 70.8 Å². The van der Waals surface area contributed by atoms with Crippen LogP contribution in [0.25, 0.3) is 0 Å². The Morgan fingerprint density at radius 1 is 1.07 bits per heavy atom. The van der Waals surface area contributed by atoms with E-state index in [2.05, 4.69) is 11.8 Å². The number of amides is 1. The topological polar surface area (TPSA) is 46.6 Å². The summed E-state index contributed by atoms with van der Waals surface area (Å²) in [6.07, 6.45) is 4.98. The smallest absolute Gasteiger partial charge is 0.339 e. The molecule has 3 aliphatic rings. The number of nitrogens with zero attached hydrogens (tertiary/aromatic N) is 1. The van der Waals surface area contributed by atoms with Gasteiger partial charge in [0.25, 0.3) is 5.91 Å². The number of hydrogen-bond donors (Lipinski definition) is 0. The molecule has 1 amide bonds. The van der Waals surface area contributed by atoms with Crippen LogP contribution in [0.5, 0.6) is 0 Å². The van der Waals surface area contributed by atoms with Gasteiger partial charge >= 0.3 is 5.97 Å². The van der Waals surface area contributed by atoms with Gasteiger partial charge in [-0.3, -0.25) is 4.79 Å². The Morgan fingerprint density at radius 3 is 2.50 bits per heavy atom. The number of benzene rings is 2. The van der Waals surface area contributed by atoms with Crippen LogP contribution in [0.4, 0.5) is 0 Å². The summed E-state index contributed by atoms with van der Waals surface area (Å²) in [6.45, 7) is 2.19. The highest BCUT2D eigenvalue weighted by atomic mass is 16.5. The maximum absolute atomic E-state index is 13.3. The van der Waals surface area contributed by atoms with Crippen molar-refractivity contribution < 1.29 is 14.3 Å². The van der Waals surface area contributed by atoms with Crippen molar-refractivity contribution in [2.24, 2.45) is 5.92 Å². The number of fused-ring (bicyclic) bond motifs is 1. The molecule has 2 unspecified atom stereocenters. The first-order valence-electron chi connectivity index (χ1n) is 10.3. The minimum absolute atomic E-state index is 0.111. The first kappa shape index (κ1) is 17.5. The molecule has 1 heterocycles. The number of ether oxygens (including phenoxy) is 1. The number of rotatable bonds is 5. The second-order valence-corrected chi connectivity index (χ2v) is 8.40. The Kier molecular flexibility index (Phi) is 4.22. The van der Waals surface area contributed by atoms with Crippen LogP contribution in [-0.4, -0.2) is 28.9 Å². The van der Waals surface area contributed by atoms with Crippen molar-refractivity contribution in [1.82, 2.24) is 4.90 Å². The Labute approximate surface area is 165 Å². The van der Waals surface area contributed by atoms with Gasteiger partial charge in [0.2, 0.25) is 0 Å². The third kappa shape index (κ3) is 3.21. The summed E-state index contributed by atoms with van der Waals surface area (Å²) >= 11 is 0. The normalized spacial score (nSPS) is 22.2. The lowest BCUT2D eigenvalue weighted by atomic mass is 9.93. The van der Waals surface area contributed by atoms with Gasteiger partial charge in [-0.2, -0.15) is 0 Å². The highest BCUT2D eigenvalue weighted by molar-refractivity contribution is 5.98. The van der Waals surface area contributed by atoms with Gasteiger partial charge in [-0.15, -0.1) is 0 Å². The number of cyclic esters (lactones) is 1. The number of carbonyl (C=O) groups is 2. The van der Waals surface area contributed by atoms with Gasteiger partial charge in [0.15, 0.2) is 0 Å². The van der Waals surface area contributed by atoms with Crippen molar-refractivity contribution in [3.8, 4) is 0 Å². The molecule has 28 heavy (non-hydrogen) atoms.